The van der Waals surface area contributed by atoms with Crippen molar-refractivity contribution >= 4 is 56.3 Å². The second kappa shape index (κ2) is 7.58. The predicted molar refractivity (Wildman–Crippen MR) is 119 cm³/mol. The zero-order chi connectivity index (χ0) is 18.8. The lowest BCUT2D eigenvalue weighted by molar-refractivity contribution is 1.21. The van der Waals surface area contributed by atoms with E-state index in [0.29, 0.717) is 5.82 Å². The van der Waals surface area contributed by atoms with E-state index in [0.717, 1.165) is 27.7 Å². The third-order valence-electron chi connectivity index (χ3n) is 4.26. The molecule has 0 spiro atoms. The number of nitrogen functional groups attached to an aromatic ring is 1. The molecule has 0 radical (unpaired) electrons. The molecule has 6 heteroatoms. The van der Waals surface area contributed by atoms with Gasteiger partial charge in [0.25, 0.3) is 0 Å². The maximum absolute atomic E-state index is 5.96. The maximum Gasteiger partial charge on any atom is 0.222 e. The Labute approximate surface area is 170 Å². The number of nitrogens with zero attached hydrogens (tertiary/aromatic N) is 3. The van der Waals surface area contributed by atoms with Crippen molar-refractivity contribution in [1.82, 2.24) is 9.97 Å². The molecule has 1 aromatic heterocycles. The molecule has 4 nitrogen and oxygen atoms in total. The van der Waals surface area contributed by atoms with E-state index in [4.69, 9.17) is 5.73 Å². The highest BCUT2D eigenvalue weighted by atomic mass is 79.9. The Hall–Kier alpha value is -2.57. The summed E-state index contributed by atoms with van der Waals surface area (Å²) in [4.78, 5) is 10.1. The van der Waals surface area contributed by atoms with Crippen LogP contribution in [0.3, 0.4) is 0 Å². The van der Waals surface area contributed by atoms with Gasteiger partial charge in [-0.1, -0.05) is 36.4 Å². The SMILES string of the molecule is CSc1cccc(-c2ccc3nc(N)nc(N(Br)c4ccccc4)c3c2)c1. The highest BCUT2D eigenvalue weighted by molar-refractivity contribution is 9.10. The highest BCUT2D eigenvalue weighted by Gasteiger charge is 2.15. The number of thioether (sulfide) groups is 1. The van der Waals surface area contributed by atoms with Gasteiger partial charge in [0.05, 0.1) is 27.4 Å². The van der Waals surface area contributed by atoms with Crippen molar-refractivity contribution in [2.75, 3.05) is 15.9 Å². The van der Waals surface area contributed by atoms with Crippen LogP contribution in [0.4, 0.5) is 17.5 Å². The van der Waals surface area contributed by atoms with Crippen molar-refractivity contribution in [2.24, 2.45) is 0 Å². The first-order valence-electron chi connectivity index (χ1n) is 8.38. The Morgan fingerprint density at radius 1 is 0.889 bits per heavy atom. The van der Waals surface area contributed by atoms with Gasteiger partial charge in [-0.2, -0.15) is 4.98 Å². The van der Waals surface area contributed by atoms with Crippen LogP contribution in [0.25, 0.3) is 22.0 Å². The molecule has 2 N–H and O–H groups in total. The lowest BCUT2D eigenvalue weighted by atomic mass is 10.0. The van der Waals surface area contributed by atoms with Crippen LogP contribution in [0.2, 0.25) is 0 Å². The Kier molecular flexibility index (Phi) is 5.01. The van der Waals surface area contributed by atoms with E-state index in [9.17, 15) is 0 Å². The quantitative estimate of drug-likeness (QED) is 0.311. The molecule has 0 bridgehead atoms. The fraction of sp³-hybridized carbons (Fsp3) is 0.0476. The van der Waals surface area contributed by atoms with Crippen LogP contribution in [0.15, 0.2) is 77.7 Å². The van der Waals surface area contributed by atoms with Gasteiger partial charge in [-0.15, -0.1) is 11.8 Å². The number of aromatic nitrogens is 2. The summed E-state index contributed by atoms with van der Waals surface area (Å²) in [6, 6.07) is 24.6. The Bertz CT molecular complexity index is 1100. The van der Waals surface area contributed by atoms with Crippen LogP contribution in [-0.2, 0) is 0 Å². The number of hydrogen-bond acceptors (Lipinski definition) is 5. The molecule has 4 aromatic rings. The monoisotopic (exact) mass is 436 g/mol. The molecule has 0 aliphatic heterocycles. The fourth-order valence-corrected chi connectivity index (χ4v) is 3.91. The van der Waals surface area contributed by atoms with E-state index >= 15 is 0 Å². The van der Waals surface area contributed by atoms with Gasteiger partial charge >= 0.3 is 0 Å². The fourth-order valence-electron chi connectivity index (χ4n) is 2.94. The van der Waals surface area contributed by atoms with Crippen molar-refractivity contribution in [2.45, 2.75) is 4.90 Å². The van der Waals surface area contributed by atoms with Crippen molar-refractivity contribution in [3.05, 3.63) is 72.8 Å². The third-order valence-corrected chi connectivity index (χ3v) is 5.74. The summed E-state index contributed by atoms with van der Waals surface area (Å²) in [5.74, 6) is 0.960. The minimum absolute atomic E-state index is 0.245. The summed E-state index contributed by atoms with van der Waals surface area (Å²) < 4.78 is 1.86. The Morgan fingerprint density at radius 2 is 1.67 bits per heavy atom. The van der Waals surface area contributed by atoms with Gasteiger partial charge in [0.2, 0.25) is 5.95 Å². The number of benzene rings is 3. The molecular formula is C21H17BrN4S. The summed E-state index contributed by atoms with van der Waals surface area (Å²) in [5.41, 5.74) is 10.0. The van der Waals surface area contributed by atoms with E-state index < -0.39 is 0 Å². The van der Waals surface area contributed by atoms with Gasteiger partial charge in [-0.3, -0.25) is 3.93 Å². The number of nitrogens with two attached hydrogens (primary N) is 1. The molecule has 0 saturated carbocycles. The average Bonchev–Trinajstić information content (AvgIpc) is 2.73. The topological polar surface area (TPSA) is 55.0 Å². The molecule has 0 unspecified atom stereocenters. The minimum atomic E-state index is 0.245. The highest BCUT2D eigenvalue weighted by Crippen LogP contribution is 2.35. The lowest BCUT2D eigenvalue weighted by Gasteiger charge is -2.18. The average molecular weight is 437 g/mol. The van der Waals surface area contributed by atoms with Gasteiger partial charge in [-0.05, 0) is 53.8 Å². The number of para-hydroxylation sites is 1. The summed E-state index contributed by atoms with van der Waals surface area (Å²) in [5, 5.41) is 0.928. The second-order valence-corrected chi connectivity index (χ2v) is 7.57. The molecule has 134 valence electrons. The summed E-state index contributed by atoms with van der Waals surface area (Å²) in [7, 11) is 0. The van der Waals surface area contributed by atoms with Gasteiger partial charge in [-0.25, -0.2) is 4.98 Å². The normalized spacial score (nSPS) is 10.9. The van der Waals surface area contributed by atoms with Crippen molar-refractivity contribution < 1.29 is 0 Å². The van der Waals surface area contributed by atoms with Gasteiger partial charge in [0.15, 0.2) is 5.82 Å². The summed E-state index contributed by atoms with van der Waals surface area (Å²) in [6.45, 7) is 0. The zero-order valence-corrected chi connectivity index (χ0v) is 17.0. The van der Waals surface area contributed by atoms with Gasteiger partial charge < -0.3 is 5.73 Å². The first-order valence-corrected chi connectivity index (χ1v) is 10.3. The molecular weight excluding hydrogens is 420 g/mol. The van der Waals surface area contributed by atoms with Gasteiger partial charge in [0.1, 0.15) is 0 Å². The minimum Gasteiger partial charge on any atom is -0.368 e. The third kappa shape index (κ3) is 3.63. The first kappa shape index (κ1) is 17.8. The molecule has 1 heterocycles. The van der Waals surface area contributed by atoms with E-state index in [1.54, 1.807) is 11.8 Å². The Morgan fingerprint density at radius 3 is 2.44 bits per heavy atom. The molecule has 4 rings (SSSR count). The number of anilines is 3. The molecule has 0 atom stereocenters. The molecule has 0 fully saturated rings. The number of rotatable bonds is 4. The van der Waals surface area contributed by atoms with Crippen LogP contribution >= 0.6 is 27.9 Å². The van der Waals surface area contributed by atoms with Crippen LogP contribution < -0.4 is 9.66 Å². The van der Waals surface area contributed by atoms with Crippen molar-refractivity contribution in [3.63, 3.8) is 0 Å². The maximum atomic E-state index is 5.96. The Balaban J connectivity index is 1.88. The van der Waals surface area contributed by atoms with Crippen LogP contribution in [0, 0.1) is 0 Å². The number of fused-ring (bicyclic) bond motifs is 1. The van der Waals surface area contributed by atoms with Gasteiger partial charge in [0, 0.05) is 10.3 Å². The van der Waals surface area contributed by atoms with Crippen molar-refractivity contribution in [1.29, 1.82) is 0 Å². The number of halogens is 1. The van der Waals surface area contributed by atoms with Crippen LogP contribution in [0.1, 0.15) is 0 Å². The standard InChI is InChI=1S/C21H17BrN4S/c1-27-17-9-5-6-14(12-17)15-10-11-19-18(13-15)20(25-21(23)24-19)26(22)16-7-3-2-4-8-16/h2-13H,1H3,(H2,23,24,25). The molecule has 0 amide bonds. The van der Waals surface area contributed by atoms with E-state index in [1.807, 2.05) is 40.3 Å². The van der Waals surface area contributed by atoms with Crippen LogP contribution in [-0.4, -0.2) is 16.2 Å². The largest absolute Gasteiger partial charge is 0.368 e. The van der Waals surface area contributed by atoms with E-state index in [1.165, 1.54) is 4.90 Å². The molecule has 0 aliphatic carbocycles. The lowest BCUT2D eigenvalue weighted by Crippen LogP contribution is -2.07. The second-order valence-electron chi connectivity index (χ2n) is 5.99. The molecule has 0 aliphatic rings. The predicted octanol–water partition coefficient (Wildman–Crippen LogP) is 6.05. The molecule has 27 heavy (non-hydrogen) atoms. The zero-order valence-electron chi connectivity index (χ0n) is 14.6. The smallest absolute Gasteiger partial charge is 0.222 e. The van der Waals surface area contributed by atoms with Crippen molar-refractivity contribution in [3.8, 4) is 11.1 Å². The molecule has 0 saturated heterocycles. The van der Waals surface area contributed by atoms with Crippen LogP contribution in [0.5, 0.6) is 0 Å². The summed E-state index contributed by atoms with van der Waals surface area (Å²) >= 11 is 5.37. The van der Waals surface area contributed by atoms with E-state index in [-0.39, 0.29) is 5.95 Å². The molecule has 3 aromatic carbocycles. The van der Waals surface area contributed by atoms with E-state index in [2.05, 4.69) is 68.8 Å². The summed E-state index contributed by atoms with van der Waals surface area (Å²) in [6.07, 6.45) is 2.08. The number of hydrogen-bond donors (Lipinski definition) is 1. The first-order chi connectivity index (χ1) is 13.2.